The Labute approximate surface area is 113 Å². The second-order valence-electron chi connectivity index (χ2n) is 3.53. The number of benzene rings is 1. The van der Waals surface area contributed by atoms with Crippen LogP contribution in [-0.2, 0) is 0 Å². The Balaban J connectivity index is 2.37. The zero-order valence-corrected chi connectivity index (χ0v) is 11.2. The monoisotopic (exact) mass is 278 g/mol. The SMILES string of the molecule is CN(C(=O)c1cnns1)c1ccccc1C(N)=S. The number of thiocarbonyl (C=S) groups is 1. The molecule has 18 heavy (non-hydrogen) atoms. The minimum absolute atomic E-state index is 0.186. The van der Waals surface area contributed by atoms with Crippen molar-refractivity contribution in [3.05, 3.63) is 40.9 Å². The predicted molar refractivity (Wildman–Crippen MR) is 75.0 cm³/mol. The molecule has 2 N–H and O–H groups in total. The number of hydrogen-bond donors (Lipinski definition) is 1. The largest absolute Gasteiger partial charge is 0.389 e. The molecule has 1 aromatic carbocycles. The van der Waals surface area contributed by atoms with E-state index in [1.54, 1.807) is 19.2 Å². The van der Waals surface area contributed by atoms with E-state index in [1.165, 1.54) is 11.1 Å². The van der Waals surface area contributed by atoms with E-state index in [1.807, 2.05) is 12.1 Å². The molecule has 7 heteroatoms. The fraction of sp³-hybridized carbons (Fsp3) is 0.0909. The van der Waals surface area contributed by atoms with Crippen molar-refractivity contribution in [2.75, 3.05) is 11.9 Å². The van der Waals surface area contributed by atoms with Gasteiger partial charge in [-0.15, -0.1) is 5.10 Å². The normalized spacial score (nSPS) is 10.1. The molecule has 0 saturated carbocycles. The lowest BCUT2D eigenvalue weighted by Crippen LogP contribution is -2.28. The molecule has 1 amide bonds. The number of anilines is 1. The van der Waals surface area contributed by atoms with Crippen LogP contribution in [0.4, 0.5) is 5.69 Å². The Morgan fingerprint density at radius 2 is 2.17 bits per heavy atom. The number of nitrogens with two attached hydrogens (primary N) is 1. The fourth-order valence-corrected chi connectivity index (χ4v) is 2.17. The van der Waals surface area contributed by atoms with E-state index >= 15 is 0 Å². The molecule has 1 aromatic heterocycles. The van der Waals surface area contributed by atoms with Crippen molar-refractivity contribution < 1.29 is 4.79 Å². The second kappa shape index (κ2) is 5.19. The van der Waals surface area contributed by atoms with Crippen LogP contribution in [0.25, 0.3) is 0 Å². The van der Waals surface area contributed by atoms with Crippen molar-refractivity contribution in [3.8, 4) is 0 Å². The number of para-hydroxylation sites is 1. The third kappa shape index (κ3) is 2.36. The highest BCUT2D eigenvalue weighted by Crippen LogP contribution is 2.21. The van der Waals surface area contributed by atoms with Crippen LogP contribution in [-0.4, -0.2) is 27.5 Å². The molecule has 0 radical (unpaired) electrons. The van der Waals surface area contributed by atoms with Crippen LogP contribution in [0.1, 0.15) is 15.2 Å². The molecular weight excluding hydrogens is 268 g/mol. The number of amides is 1. The van der Waals surface area contributed by atoms with Gasteiger partial charge in [0.25, 0.3) is 5.91 Å². The molecule has 0 bridgehead atoms. The summed E-state index contributed by atoms with van der Waals surface area (Å²) in [6.07, 6.45) is 1.44. The molecule has 0 aliphatic carbocycles. The molecule has 92 valence electrons. The van der Waals surface area contributed by atoms with Crippen molar-refractivity contribution in [1.29, 1.82) is 0 Å². The summed E-state index contributed by atoms with van der Waals surface area (Å²) in [6.45, 7) is 0. The topological polar surface area (TPSA) is 72.1 Å². The molecule has 0 unspecified atom stereocenters. The van der Waals surface area contributed by atoms with E-state index in [-0.39, 0.29) is 10.9 Å². The summed E-state index contributed by atoms with van der Waals surface area (Å²) in [5.41, 5.74) is 6.98. The van der Waals surface area contributed by atoms with E-state index < -0.39 is 0 Å². The number of rotatable bonds is 3. The van der Waals surface area contributed by atoms with Gasteiger partial charge in [-0.1, -0.05) is 28.8 Å². The van der Waals surface area contributed by atoms with Crippen LogP contribution in [0.15, 0.2) is 30.5 Å². The van der Waals surface area contributed by atoms with Crippen molar-refractivity contribution >= 4 is 40.3 Å². The van der Waals surface area contributed by atoms with Gasteiger partial charge in [0.2, 0.25) is 0 Å². The van der Waals surface area contributed by atoms with E-state index in [0.29, 0.717) is 16.1 Å². The van der Waals surface area contributed by atoms with Gasteiger partial charge in [-0.05, 0) is 23.7 Å². The Morgan fingerprint density at radius 1 is 1.44 bits per heavy atom. The molecule has 5 nitrogen and oxygen atoms in total. The van der Waals surface area contributed by atoms with Gasteiger partial charge in [0, 0.05) is 12.6 Å². The zero-order valence-electron chi connectivity index (χ0n) is 9.53. The summed E-state index contributed by atoms with van der Waals surface area (Å²) in [5, 5.41) is 3.65. The van der Waals surface area contributed by atoms with Gasteiger partial charge in [0.1, 0.15) is 9.87 Å². The molecule has 2 rings (SSSR count). The van der Waals surface area contributed by atoms with E-state index in [4.69, 9.17) is 18.0 Å². The number of hydrogen-bond acceptors (Lipinski definition) is 5. The summed E-state index contributed by atoms with van der Waals surface area (Å²) in [7, 11) is 1.67. The first-order chi connectivity index (χ1) is 8.61. The van der Waals surface area contributed by atoms with Crippen LogP contribution in [0.5, 0.6) is 0 Å². The van der Waals surface area contributed by atoms with Gasteiger partial charge >= 0.3 is 0 Å². The molecule has 1 heterocycles. The molecule has 0 aliphatic heterocycles. The van der Waals surface area contributed by atoms with Gasteiger partial charge < -0.3 is 10.6 Å². The van der Waals surface area contributed by atoms with Crippen LogP contribution in [0.2, 0.25) is 0 Å². The third-order valence-electron chi connectivity index (χ3n) is 2.41. The molecule has 2 aromatic rings. The highest BCUT2D eigenvalue weighted by atomic mass is 32.1. The maximum Gasteiger partial charge on any atom is 0.271 e. The van der Waals surface area contributed by atoms with Gasteiger partial charge in [-0.2, -0.15) is 0 Å². The summed E-state index contributed by atoms with van der Waals surface area (Å²) < 4.78 is 3.67. The highest BCUT2D eigenvalue weighted by molar-refractivity contribution is 7.80. The quantitative estimate of drug-likeness (QED) is 0.860. The van der Waals surface area contributed by atoms with Gasteiger partial charge in [0.05, 0.1) is 11.9 Å². The maximum absolute atomic E-state index is 12.2. The molecule has 0 aliphatic rings. The van der Waals surface area contributed by atoms with Crippen LogP contribution in [0, 0.1) is 0 Å². The van der Waals surface area contributed by atoms with Gasteiger partial charge in [-0.25, -0.2) is 0 Å². The first-order valence-corrected chi connectivity index (χ1v) is 6.23. The van der Waals surface area contributed by atoms with E-state index in [9.17, 15) is 4.79 Å². The average Bonchev–Trinajstić information content (AvgIpc) is 2.90. The Hall–Kier alpha value is -1.86. The summed E-state index contributed by atoms with van der Waals surface area (Å²) in [4.78, 5) is 14.4. The maximum atomic E-state index is 12.2. The Bertz CT molecular complexity index is 582. The fourth-order valence-electron chi connectivity index (χ4n) is 1.51. The van der Waals surface area contributed by atoms with Crippen molar-refractivity contribution in [1.82, 2.24) is 9.59 Å². The Kier molecular flexibility index (Phi) is 3.63. The van der Waals surface area contributed by atoms with E-state index in [0.717, 1.165) is 11.5 Å². The second-order valence-corrected chi connectivity index (χ2v) is 4.75. The smallest absolute Gasteiger partial charge is 0.271 e. The number of carbonyl (C=O) groups excluding carboxylic acids is 1. The predicted octanol–water partition coefficient (Wildman–Crippen LogP) is 1.45. The lowest BCUT2D eigenvalue weighted by Gasteiger charge is -2.19. The molecular formula is C11H10N4OS2. The number of aromatic nitrogens is 2. The zero-order chi connectivity index (χ0) is 13.1. The standard InChI is InChI=1S/C11H10N4OS2/c1-15(11(16)9-6-13-14-18-9)8-5-3-2-4-7(8)10(12)17/h2-6H,1H3,(H2,12,17). The van der Waals surface area contributed by atoms with Crippen molar-refractivity contribution in [2.24, 2.45) is 5.73 Å². The van der Waals surface area contributed by atoms with Gasteiger partial charge in [0.15, 0.2) is 0 Å². The number of nitrogens with zero attached hydrogens (tertiary/aromatic N) is 3. The van der Waals surface area contributed by atoms with Crippen LogP contribution < -0.4 is 10.6 Å². The summed E-state index contributed by atoms with van der Waals surface area (Å²) in [5.74, 6) is -0.186. The lowest BCUT2D eigenvalue weighted by molar-refractivity contribution is 0.0996. The number of carbonyl (C=O) groups is 1. The van der Waals surface area contributed by atoms with Crippen molar-refractivity contribution in [2.45, 2.75) is 0 Å². The van der Waals surface area contributed by atoms with Crippen LogP contribution in [0.3, 0.4) is 0 Å². The third-order valence-corrected chi connectivity index (χ3v) is 3.28. The molecule has 0 saturated heterocycles. The Morgan fingerprint density at radius 3 is 2.78 bits per heavy atom. The summed E-state index contributed by atoms with van der Waals surface area (Å²) in [6, 6.07) is 7.23. The molecule has 0 fully saturated rings. The highest BCUT2D eigenvalue weighted by Gasteiger charge is 2.18. The summed E-state index contributed by atoms with van der Waals surface area (Å²) >= 11 is 6.02. The first kappa shape index (κ1) is 12.6. The minimum atomic E-state index is -0.186. The average molecular weight is 278 g/mol. The van der Waals surface area contributed by atoms with Gasteiger partial charge in [-0.3, -0.25) is 4.79 Å². The van der Waals surface area contributed by atoms with E-state index in [2.05, 4.69) is 9.59 Å². The van der Waals surface area contributed by atoms with Crippen molar-refractivity contribution in [3.63, 3.8) is 0 Å². The molecule has 0 spiro atoms. The van der Waals surface area contributed by atoms with Crippen LogP contribution >= 0.6 is 23.8 Å². The minimum Gasteiger partial charge on any atom is -0.389 e. The first-order valence-electron chi connectivity index (χ1n) is 5.05. The lowest BCUT2D eigenvalue weighted by atomic mass is 10.1. The molecule has 0 atom stereocenters.